The van der Waals surface area contributed by atoms with Gasteiger partial charge in [-0.05, 0) is 45.2 Å². The van der Waals surface area contributed by atoms with Gasteiger partial charge in [0.1, 0.15) is 0 Å². The van der Waals surface area contributed by atoms with Crippen LogP contribution < -0.4 is 0 Å². The molecule has 1 aliphatic heterocycles. The quantitative estimate of drug-likeness (QED) is 0.945. The van der Waals surface area contributed by atoms with Gasteiger partial charge in [-0.3, -0.25) is 14.6 Å². The molecule has 0 saturated carbocycles. The summed E-state index contributed by atoms with van der Waals surface area (Å²) in [5.74, 6) is 0.381. The number of rotatable bonds is 3. The summed E-state index contributed by atoms with van der Waals surface area (Å²) in [4.78, 5) is 14.6. The van der Waals surface area contributed by atoms with Crippen molar-refractivity contribution < 1.29 is 4.79 Å². The number of likely N-dealkylation sites (tertiary alicyclic amines) is 1. The van der Waals surface area contributed by atoms with Crippen LogP contribution in [0.15, 0.2) is 12.3 Å². The number of carbonyl (C=O) groups excluding carboxylic acids is 1. The van der Waals surface area contributed by atoms with Crippen molar-refractivity contribution >= 4 is 5.91 Å². The van der Waals surface area contributed by atoms with E-state index in [2.05, 4.69) is 22.2 Å². The number of H-pyrrole nitrogens is 1. The van der Waals surface area contributed by atoms with Gasteiger partial charge in [0, 0.05) is 36.9 Å². The van der Waals surface area contributed by atoms with Gasteiger partial charge in [0.25, 0.3) is 5.91 Å². The molecule has 1 atom stereocenters. The predicted octanol–water partition coefficient (Wildman–Crippen LogP) is 2.26. The molecule has 0 radical (unpaired) electrons. The molecule has 0 unspecified atom stereocenters. The summed E-state index contributed by atoms with van der Waals surface area (Å²) in [5.41, 5.74) is 3.92. The Balaban J connectivity index is 1.76. The van der Waals surface area contributed by atoms with Gasteiger partial charge in [-0.2, -0.15) is 10.2 Å². The summed E-state index contributed by atoms with van der Waals surface area (Å²) in [5, 5.41) is 11.6. The van der Waals surface area contributed by atoms with Crippen molar-refractivity contribution in [2.24, 2.45) is 0 Å². The maximum atomic E-state index is 12.7. The van der Waals surface area contributed by atoms with Crippen molar-refractivity contribution in [1.82, 2.24) is 24.9 Å². The number of aryl methyl sites for hydroxylation is 3. The van der Waals surface area contributed by atoms with Gasteiger partial charge in [0.15, 0.2) is 5.69 Å². The van der Waals surface area contributed by atoms with E-state index in [1.807, 2.05) is 35.7 Å². The number of aromatic nitrogens is 4. The fraction of sp³-hybridized carbons (Fsp3) is 0.562. The minimum Gasteiger partial charge on any atom is -0.337 e. The number of nitrogens with zero attached hydrogens (tertiary/aromatic N) is 4. The maximum absolute atomic E-state index is 12.7. The summed E-state index contributed by atoms with van der Waals surface area (Å²) >= 11 is 0. The van der Waals surface area contributed by atoms with Crippen molar-refractivity contribution in [3.63, 3.8) is 0 Å². The Labute approximate surface area is 130 Å². The van der Waals surface area contributed by atoms with E-state index in [0.717, 1.165) is 43.9 Å². The van der Waals surface area contributed by atoms with Gasteiger partial charge in [-0.25, -0.2) is 0 Å². The second-order valence-electron chi connectivity index (χ2n) is 6.04. The van der Waals surface area contributed by atoms with Gasteiger partial charge in [-0.1, -0.05) is 0 Å². The van der Waals surface area contributed by atoms with E-state index in [9.17, 15) is 4.79 Å². The maximum Gasteiger partial charge on any atom is 0.274 e. The van der Waals surface area contributed by atoms with Crippen LogP contribution in [-0.2, 0) is 6.54 Å². The molecule has 1 saturated heterocycles. The zero-order valence-corrected chi connectivity index (χ0v) is 13.5. The van der Waals surface area contributed by atoms with Gasteiger partial charge in [-0.15, -0.1) is 0 Å². The Kier molecular flexibility index (Phi) is 4.00. The third kappa shape index (κ3) is 2.65. The van der Waals surface area contributed by atoms with Crippen LogP contribution in [0.5, 0.6) is 0 Å². The first-order chi connectivity index (χ1) is 10.6. The van der Waals surface area contributed by atoms with Crippen LogP contribution in [0.4, 0.5) is 0 Å². The fourth-order valence-corrected chi connectivity index (χ4v) is 3.26. The first-order valence-electron chi connectivity index (χ1n) is 7.93. The SMILES string of the molecule is CCn1nc(C(=O)N2CCC[C@@H](c3[nH]ncc3C)C2)cc1C. The first kappa shape index (κ1) is 14.8. The number of piperidine rings is 1. The Morgan fingerprint density at radius 3 is 2.91 bits per heavy atom. The zero-order valence-electron chi connectivity index (χ0n) is 13.5. The van der Waals surface area contributed by atoms with E-state index >= 15 is 0 Å². The molecule has 1 fully saturated rings. The molecule has 0 aromatic carbocycles. The molecular weight excluding hydrogens is 278 g/mol. The fourth-order valence-electron chi connectivity index (χ4n) is 3.26. The minimum atomic E-state index is 0.0390. The zero-order chi connectivity index (χ0) is 15.7. The van der Waals surface area contributed by atoms with E-state index in [1.54, 1.807) is 0 Å². The van der Waals surface area contributed by atoms with Crippen molar-refractivity contribution in [2.45, 2.75) is 46.1 Å². The van der Waals surface area contributed by atoms with Gasteiger partial charge >= 0.3 is 0 Å². The number of hydrogen-bond acceptors (Lipinski definition) is 3. The normalized spacial score (nSPS) is 18.7. The van der Waals surface area contributed by atoms with E-state index in [1.165, 1.54) is 5.56 Å². The highest BCUT2D eigenvalue weighted by atomic mass is 16.2. The molecule has 22 heavy (non-hydrogen) atoms. The number of aromatic amines is 1. The molecule has 2 aromatic rings. The highest BCUT2D eigenvalue weighted by Crippen LogP contribution is 2.28. The molecule has 1 N–H and O–H groups in total. The molecule has 118 valence electrons. The van der Waals surface area contributed by atoms with Gasteiger partial charge in [0.05, 0.1) is 6.20 Å². The average molecular weight is 301 g/mol. The molecule has 2 aromatic heterocycles. The van der Waals surface area contributed by atoms with Gasteiger partial charge in [0.2, 0.25) is 0 Å². The van der Waals surface area contributed by atoms with Crippen LogP contribution in [0.3, 0.4) is 0 Å². The number of hydrogen-bond donors (Lipinski definition) is 1. The van der Waals surface area contributed by atoms with Crippen LogP contribution in [-0.4, -0.2) is 43.9 Å². The summed E-state index contributed by atoms with van der Waals surface area (Å²) in [6.45, 7) is 8.41. The van der Waals surface area contributed by atoms with Crippen LogP contribution in [0, 0.1) is 13.8 Å². The lowest BCUT2D eigenvalue weighted by Gasteiger charge is -2.32. The predicted molar refractivity (Wildman–Crippen MR) is 83.8 cm³/mol. The van der Waals surface area contributed by atoms with Crippen molar-refractivity contribution in [3.8, 4) is 0 Å². The molecule has 6 nitrogen and oxygen atoms in total. The highest BCUT2D eigenvalue weighted by molar-refractivity contribution is 5.92. The van der Waals surface area contributed by atoms with E-state index < -0.39 is 0 Å². The smallest absolute Gasteiger partial charge is 0.274 e. The first-order valence-corrected chi connectivity index (χ1v) is 7.93. The van der Waals surface area contributed by atoms with Crippen LogP contribution >= 0.6 is 0 Å². The van der Waals surface area contributed by atoms with Crippen LogP contribution in [0.2, 0.25) is 0 Å². The van der Waals surface area contributed by atoms with Crippen LogP contribution in [0.25, 0.3) is 0 Å². The lowest BCUT2D eigenvalue weighted by atomic mass is 9.93. The van der Waals surface area contributed by atoms with E-state index in [0.29, 0.717) is 11.6 Å². The molecular formula is C16H23N5O. The summed E-state index contributed by atoms with van der Waals surface area (Å²) in [6.07, 6.45) is 3.96. The van der Waals surface area contributed by atoms with Crippen molar-refractivity contribution in [3.05, 3.63) is 34.9 Å². The number of amides is 1. The van der Waals surface area contributed by atoms with Crippen molar-refractivity contribution in [1.29, 1.82) is 0 Å². The molecule has 1 amide bonds. The minimum absolute atomic E-state index is 0.0390. The van der Waals surface area contributed by atoms with Crippen molar-refractivity contribution in [2.75, 3.05) is 13.1 Å². The van der Waals surface area contributed by atoms with Gasteiger partial charge < -0.3 is 4.90 Å². The summed E-state index contributed by atoms with van der Waals surface area (Å²) < 4.78 is 1.87. The molecule has 0 bridgehead atoms. The van der Waals surface area contributed by atoms with E-state index in [4.69, 9.17) is 0 Å². The monoisotopic (exact) mass is 301 g/mol. The standard InChI is InChI=1S/C16H23N5O/c1-4-21-12(3)8-14(19-21)16(22)20-7-5-6-13(10-20)15-11(2)9-17-18-15/h8-9,13H,4-7,10H2,1-3H3,(H,17,18)/t13-/m1/s1. The molecule has 3 rings (SSSR count). The molecule has 1 aliphatic rings. The third-order valence-electron chi connectivity index (χ3n) is 4.48. The number of carbonyl (C=O) groups is 1. The lowest BCUT2D eigenvalue weighted by Crippen LogP contribution is -2.39. The Morgan fingerprint density at radius 1 is 1.45 bits per heavy atom. The Morgan fingerprint density at radius 2 is 2.27 bits per heavy atom. The second-order valence-corrected chi connectivity index (χ2v) is 6.04. The molecule has 0 spiro atoms. The Bertz CT molecular complexity index is 672. The summed E-state index contributed by atoms with van der Waals surface area (Å²) in [7, 11) is 0. The topological polar surface area (TPSA) is 66.8 Å². The van der Waals surface area contributed by atoms with E-state index in [-0.39, 0.29) is 5.91 Å². The second kappa shape index (κ2) is 5.94. The summed E-state index contributed by atoms with van der Waals surface area (Å²) in [6, 6.07) is 1.89. The lowest BCUT2D eigenvalue weighted by molar-refractivity contribution is 0.0698. The van der Waals surface area contributed by atoms with Crippen LogP contribution in [0.1, 0.15) is 53.1 Å². The largest absolute Gasteiger partial charge is 0.337 e. The average Bonchev–Trinajstić information content (AvgIpc) is 3.12. The number of nitrogens with one attached hydrogen (secondary N) is 1. The molecule has 6 heteroatoms. The molecule has 3 heterocycles. The third-order valence-corrected chi connectivity index (χ3v) is 4.48. The molecule has 0 aliphatic carbocycles. The highest BCUT2D eigenvalue weighted by Gasteiger charge is 2.28. The Hall–Kier alpha value is -2.11.